The molecule has 1 aromatic carbocycles. The molecule has 1 heterocycles. The molecule has 0 radical (unpaired) electrons. The molecular formula is C11H10N3NaOS. The Kier molecular flexibility index (Phi) is 5.14. The van der Waals surface area contributed by atoms with E-state index in [1.807, 2.05) is 31.2 Å². The number of aryl methyl sites for hydroxylation is 1. The van der Waals surface area contributed by atoms with Crippen molar-refractivity contribution in [2.75, 3.05) is 0 Å². The molecule has 0 amide bonds. The van der Waals surface area contributed by atoms with Gasteiger partial charge in [-0.3, -0.25) is 4.79 Å². The summed E-state index contributed by atoms with van der Waals surface area (Å²) < 4.78 is 0.276. The second kappa shape index (κ2) is 6.16. The van der Waals surface area contributed by atoms with E-state index in [4.69, 9.17) is 12.2 Å². The first kappa shape index (κ1) is 14.2. The van der Waals surface area contributed by atoms with Gasteiger partial charge in [-0.05, 0) is 12.6 Å². The van der Waals surface area contributed by atoms with Gasteiger partial charge in [-0.15, -0.1) is 0 Å². The Balaban J connectivity index is 0.00000144. The number of aromatic amines is 2. The number of H-pyrrole nitrogens is 2. The monoisotopic (exact) mass is 255 g/mol. The Morgan fingerprint density at radius 3 is 2.41 bits per heavy atom. The van der Waals surface area contributed by atoms with Crippen LogP contribution in [-0.4, -0.2) is 9.97 Å². The van der Waals surface area contributed by atoms with Crippen LogP contribution in [0.25, 0.3) is 5.32 Å². The zero-order chi connectivity index (χ0) is 11.5. The Morgan fingerprint density at radius 2 is 1.82 bits per heavy atom. The Morgan fingerprint density at radius 1 is 1.18 bits per heavy atom. The van der Waals surface area contributed by atoms with Crippen LogP contribution in [-0.2, 0) is 0 Å². The quantitative estimate of drug-likeness (QED) is 0.590. The van der Waals surface area contributed by atoms with Crippen LogP contribution in [0, 0.1) is 11.7 Å². The van der Waals surface area contributed by atoms with Crippen LogP contribution < -0.4 is 35.1 Å². The first-order chi connectivity index (χ1) is 7.63. The van der Waals surface area contributed by atoms with E-state index in [9.17, 15) is 4.79 Å². The summed E-state index contributed by atoms with van der Waals surface area (Å²) in [6.45, 7) is 2.00. The fourth-order valence-corrected chi connectivity index (χ4v) is 1.48. The number of aromatic nitrogens is 2. The van der Waals surface area contributed by atoms with E-state index < -0.39 is 0 Å². The van der Waals surface area contributed by atoms with Crippen LogP contribution in [0.15, 0.2) is 35.1 Å². The van der Waals surface area contributed by atoms with E-state index in [2.05, 4.69) is 15.3 Å². The molecule has 17 heavy (non-hydrogen) atoms. The number of nitrogens with zero attached hydrogens (tertiary/aromatic N) is 1. The van der Waals surface area contributed by atoms with Crippen molar-refractivity contribution in [1.82, 2.24) is 9.97 Å². The van der Waals surface area contributed by atoms with Crippen molar-refractivity contribution in [3.05, 3.63) is 56.3 Å². The number of nitrogens with one attached hydrogen (secondary N) is 2. The SMILES string of the molecule is Cc1ccc([N-]c2cc(=O)[nH]c(=S)[nH]2)cc1.[Na+]. The molecule has 0 aliphatic heterocycles. The topological polar surface area (TPSA) is 62.8 Å². The van der Waals surface area contributed by atoms with Crippen LogP contribution >= 0.6 is 12.2 Å². The number of hydrogen-bond acceptors (Lipinski definition) is 2. The zero-order valence-corrected chi connectivity index (χ0v) is 12.5. The van der Waals surface area contributed by atoms with Crippen LogP contribution in [0.2, 0.25) is 0 Å². The Bertz CT molecular complexity index is 575. The van der Waals surface area contributed by atoms with Crippen molar-refractivity contribution in [2.45, 2.75) is 6.92 Å². The van der Waals surface area contributed by atoms with Crippen molar-refractivity contribution < 1.29 is 29.6 Å². The molecular weight excluding hydrogens is 245 g/mol. The Hall–Kier alpha value is -0.880. The first-order valence-electron chi connectivity index (χ1n) is 4.75. The number of rotatable bonds is 2. The standard InChI is InChI=1S/C11H11N3OS.Na/c1-7-2-4-8(5-3-7)12-9-6-10(15)14-11(16)13-9;/h2-6H,1H3,(H3,12,13,14,15,16);/q;+1/p-1. The van der Waals surface area contributed by atoms with Crippen LogP contribution in [0.4, 0.5) is 11.5 Å². The van der Waals surface area contributed by atoms with Gasteiger partial charge in [0.05, 0.1) is 4.77 Å². The van der Waals surface area contributed by atoms with Crippen molar-refractivity contribution in [3.63, 3.8) is 0 Å². The van der Waals surface area contributed by atoms with Crippen molar-refractivity contribution in [3.8, 4) is 0 Å². The van der Waals surface area contributed by atoms with Gasteiger partial charge in [-0.25, -0.2) is 0 Å². The van der Waals surface area contributed by atoms with Crippen molar-refractivity contribution in [2.24, 2.45) is 0 Å². The largest absolute Gasteiger partial charge is 1.00 e. The summed E-state index contributed by atoms with van der Waals surface area (Å²) in [6, 6.07) is 9.05. The maximum absolute atomic E-state index is 11.2. The number of benzene rings is 1. The van der Waals surface area contributed by atoms with E-state index in [-0.39, 0.29) is 39.9 Å². The summed E-state index contributed by atoms with van der Waals surface area (Å²) >= 11 is 4.85. The average molecular weight is 255 g/mol. The molecule has 0 spiro atoms. The average Bonchev–Trinajstić information content (AvgIpc) is 2.20. The third-order valence-corrected chi connectivity index (χ3v) is 2.23. The summed E-state index contributed by atoms with van der Waals surface area (Å²) in [5.41, 5.74) is 1.69. The van der Waals surface area contributed by atoms with E-state index in [1.54, 1.807) is 0 Å². The third kappa shape index (κ3) is 4.12. The van der Waals surface area contributed by atoms with Gasteiger partial charge >= 0.3 is 29.6 Å². The normalized spacial score (nSPS) is 9.47. The fourth-order valence-electron chi connectivity index (χ4n) is 1.27. The van der Waals surface area contributed by atoms with Crippen LogP contribution in [0.1, 0.15) is 5.56 Å². The van der Waals surface area contributed by atoms with Gasteiger partial charge in [0.15, 0.2) is 0 Å². The van der Waals surface area contributed by atoms with Crippen molar-refractivity contribution >= 4 is 23.7 Å². The third-order valence-electron chi connectivity index (χ3n) is 2.03. The smallest absolute Gasteiger partial charge is 0.436 e. The van der Waals surface area contributed by atoms with Gasteiger partial charge < -0.3 is 15.3 Å². The summed E-state index contributed by atoms with van der Waals surface area (Å²) in [5.74, 6) is 0.456. The maximum Gasteiger partial charge on any atom is 1.00 e. The van der Waals surface area contributed by atoms with Gasteiger partial charge in [0, 0.05) is 6.07 Å². The maximum atomic E-state index is 11.2. The second-order valence-corrected chi connectivity index (χ2v) is 3.83. The summed E-state index contributed by atoms with van der Waals surface area (Å²) in [6.07, 6.45) is 0. The minimum Gasteiger partial charge on any atom is -0.436 e. The molecule has 82 valence electrons. The molecule has 6 heteroatoms. The molecule has 0 unspecified atom stereocenters. The fraction of sp³-hybridized carbons (Fsp3) is 0.0909. The molecule has 0 aliphatic carbocycles. The van der Waals surface area contributed by atoms with Gasteiger partial charge in [0.2, 0.25) is 5.56 Å². The molecule has 1 aromatic heterocycles. The van der Waals surface area contributed by atoms with Crippen LogP contribution in [0.5, 0.6) is 0 Å². The molecule has 0 aliphatic rings. The van der Waals surface area contributed by atoms with Crippen molar-refractivity contribution in [1.29, 1.82) is 0 Å². The van der Waals surface area contributed by atoms with E-state index in [0.717, 1.165) is 11.3 Å². The van der Waals surface area contributed by atoms with Gasteiger partial charge in [0.1, 0.15) is 0 Å². The minimum absolute atomic E-state index is 0. The molecule has 0 saturated heterocycles. The summed E-state index contributed by atoms with van der Waals surface area (Å²) in [4.78, 5) is 16.4. The Labute approximate surface area is 126 Å². The molecule has 2 aromatic rings. The molecule has 0 saturated carbocycles. The first-order valence-corrected chi connectivity index (χ1v) is 5.16. The predicted octanol–water partition coefficient (Wildman–Crippen LogP) is 0.0818. The molecule has 2 rings (SSSR count). The van der Waals surface area contributed by atoms with E-state index in [0.29, 0.717) is 5.82 Å². The van der Waals surface area contributed by atoms with Gasteiger partial charge in [-0.1, -0.05) is 47.9 Å². The van der Waals surface area contributed by atoms with E-state index in [1.165, 1.54) is 6.07 Å². The molecule has 4 nitrogen and oxygen atoms in total. The summed E-state index contributed by atoms with van der Waals surface area (Å²) in [5, 5.41) is 4.26. The molecule has 0 fully saturated rings. The second-order valence-electron chi connectivity index (χ2n) is 3.42. The summed E-state index contributed by atoms with van der Waals surface area (Å²) in [7, 11) is 0. The van der Waals surface area contributed by atoms with Crippen LogP contribution in [0.3, 0.4) is 0 Å². The van der Waals surface area contributed by atoms with Gasteiger partial charge in [-0.2, -0.15) is 0 Å². The van der Waals surface area contributed by atoms with E-state index >= 15 is 0 Å². The minimum atomic E-state index is -0.255. The molecule has 2 N–H and O–H groups in total. The predicted molar refractivity (Wildman–Crippen MR) is 66.1 cm³/mol. The zero-order valence-electron chi connectivity index (χ0n) is 9.65. The van der Waals surface area contributed by atoms with Gasteiger partial charge in [0.25, 0.3) is 0 Å². The molecule has 0 bridgehead atoms. The molecule has 0 atom stereocenters. The number of hydrogen-bond donors (Lipinski definition) is 2.